The Balaban J connectivity index is 0.000000230. The minimum absolute atomic E-state index is 0.0583. The average molecular weight is 776 g/mol. The quantitative estimate of drug-likeness (QED) is 0.169. The van der Waals surface area contributed by atoms with Crippen LogP contribution >= 0.6 is 23.2 Å². The monoisotopic (exact) mass is 774 g/mol. The Kier molecular flexibility index (Phi) is 11.6. The highest BCUT2D eigenvalue weighted by Crippen LogP contribution is 2.50. The lowest BCUT2D eigenvalue weighted by Gasteiger charge is -2.37. The lowest BCUT2D eigenvalue weighted by Crippen LogP contribution is -2.38. The summed E-state index contributed by atoms with van der Waals surface area (Å²) in [7, 11) is 2.62. The van der Waals surface area contributed by atoms with Gasteiger partial charge in [-0.3, -0.25) is 19.3 Å². The number of halogens is 2. The molecule has 1 atom stereocenters. The topological polar surface area (TPSA) is 157 Å². The maximum atomic E-state index is 13.5. The first kappa shape index (κ1) is 40.1. The minimum Gasteiger partial charge on any atom is -0.465 e. The summed E-state index contributed by atoms with van der Waals surface area (Å²) in [5.41, 5.74) is 11.2. The molecule has 1 amide bonds. The molecule has 0 saturated heterocycles. The number of nitrogen functional groups attached to an aromatic ring is 1. The average Bonchev–Trinajstić information content (AvgIpc) is 3.21. The molecule has 6 rings (SSSR count). The molecule has 0 radical (unpaired) electrons. The summed E-state index contributed by atoms with van der Waals surface area (Å²) >= 11 is 12.7. The maximum absolute atomic E-state index is 13.5. The Labute approximate surface area is 324 Å². The predicted molar refractivity (Wildman–Crippen MR) is 211 cm³/mol. The van der Waals surface area contributed by atoms with Crippen LogP contribution in [0.25, 0.3) is 0 Å². The van der Waals surface area contributed by atoms with E-state index in [-0.39, 0.29) is 33.9 Å². The predicted octanol–water partition coefficient (Wildman–Crippen LogP) is 8.68. The number of ketones is 2. The van der Waals surface area contributed by atoms with Crippen LogP contribution in [0.4, 0.5) is 22.7 Å². The van der Waals surface area contributed by atoms with Crippen LogP contribution in [0.5, 0.6) is 0 Å². The molecular formula is C41H44Cl2N4O7. The van der Waals surface area contributed by atoms with Gasteiger partial charge in [0.05, 0.1) is 54.1 Å². The van der Waals surface area contributed by atoms with Crippen molar-refractivity contribution in [3.05, 3.63) is 104 Å². The first-order chi connectivity index (χ1) is 25.3. The van der Waals surface area contributed by atoms with Gasteiger partial charge in [0.25, 0.3) is 0 Å². The molecule has 1 heterocycles. The number of carbonyl (C=O) groups is 5. The highest BCUT2D eigenvalue weighted by molar-refractivity contribution is 6.35. The first-order valence-electron chi connectivity index (χ1n) is 17.3. The molecule has 3 aliphatic rings. The van der Waals surface area contributed by atoms with Crippen molar-refractivity contribution in [2.45, 2.75) is 66.3 Å². The Bertz CT molecular complexity index is 2120. The van der Waals surface area contributed by atoms with Crippen molar-refractivity contribution in [3.63, 3.8) is 0 Å². The Morgan fingerprint density at radius 2 is 1.48 bits per heavy atom. The van der Waals surface area contributed by atoms with Gasteiger partial charge in [-0.1, -0.05) is 57.0 Å². The molecule has 0 spiro atoms. The summed E-state index contributed by atoms with van der Waals surface area (Å²) in [6, 6.07) is 14.1. The smallest absolute Gasteiger partial charge is 0.337 e. The molecule has 3 aromatic carbocycles. The first-order valence-corrected chi connectivity index (χ1v) is 18.1. The molecule has 11 nitrogen and oxygen atoms in total. The van der Waals surface area contributed by atoms with Crippen LogP contribution < -0.4 is 21.3 Å². The second kappa shape index (κ2) is 15.7. The van der Waals surface area contributed by atoms with Crippen LogP contribution in [-0.2, 0) is 23.9 Å². The number of nitrogens with zero attached hydrogens (tertiary/aromatic N) is 1. The molecular weight excluding hydrogens is 731 g/mol. The number of anilines is 4. The highest BCUT2D eigenvalue weighted by Gasteiger charge is 2.43. The van der Waals surface area contributed by atoms with E-state index < -0.39 is 18.0 Å². The molecule has 13 heteroatoms. The fourth-order valence-corrected chi connectivity index (χ4v) is 7.68. The van der Waals surface area contributed by atoms with Gasteiger partial charge in [0.15, 0.2) is 11.6 Å². The second-order valence-corrected chi connectivity index (χ2v) is 16.1. The van der Waals surface area contributed by atoms with Crippen molar-refractivity contribution in [1.29, 1.82) is 0 Å². The number of ether oxygens (including phenoxy) is 2. The van der Waals surface area contributed by atoms with Gasteiger partial charge in [0, 0.05) is 52.9 Å². The van der Waals surface area contributed by atoms with Crippen molar-refractivity contribution in [2.75, 3.05) is 35.5 Å². The van der Waals surface area contributed by atoms with Crippen LogP contribution in [-0.4, -0.2) is 43.6 Å². The Morgan fingerprint density at radius 3 is 2.07 bits per heavy atom. The summed E-state index contributed by atoms with van der Waals surface area (Å²) in [5.74, 6) is -1.21. The molecule has 0 saturated carbocycles. The number of esters is 2. The van der Waals surface area contributed by atoms with Gasteiger partial charge in [0.1, 0.15) is 0 Å². The van der Waals surface area contributed by atoms with Gasteiger partial charge >= 0.3 is 11.9 Å². The summed E-state index contributed by atoms with van der Waals surface area (Å²) < 4.78 is 9.53. The number of hydrogen-bond donors (Lipinski definition) is 3. The number of allylic oxidation sites excluding steroid dienone is 3. The van der Waals surface area contributed by atoms with E-state index in [0.717, 1.165) is 17.8 Å². The molecule has 1 aliphatic heterocycles. The van der Waals surface area contributed by atoms with Gasteiger partial charge < -0.3 is 25.8 Å². The fourth-order valence-electron chi connectivity index (χ4n) is 7.17. The largest absolute Gasteiger partial charge is 0.465 e. The molecule has 0 bridgehead atoms. The van der Waals surface area contributed by atoms with E-state index in [2.05, 4.69) is 29.2 Å². The molecule has 1 unspecified atom stereocenters. The molecule has 2 aliphatic carbocycles. The van der Waals surface area contributed by atoms with E-state index in [1.165, 1.54) is 26.0 Å². The number of nitrogens with two attached hydrogens (primary N) is 1. The van der Waals surface area contributed by atoms with Gasteiger partial charge in [-0.2, -0.15) is 0 Å². The zero-order valence-electron chi connectivity index (χ0n) is 31.3. The molecule has 4 N–H and O–H groups in total. The summed E-state index contributed by atoms with van der Waals surface area (Å²) in [5, 5.41) is 7.36. The Morgan fingerprint density at radius 1 is 0.852 bits per heavy atom. The maximum Gasteiger partial charge on any atom is 0.337 e. The second-order valence-electron chi connectivity index (χ2n) is 15.2. The van der Waals surface area contributed by atoms with E-state index in [0.29, 0.717) is 68.8 Å². The van der Waals surface area contributed by atoms with E-state index in [1.54, 1.807) is 60.7 Å². The zero-order valence-corrected chi connectivity index (χ0v) is 32.8. The van der Waals surface area contributed by atoms with E-state index in [4.69, 9.17) is 33.7 Å². The highest BCUT2D eigenvalue weighted by atomic mass is 35.5. The molecule has 0 aromatic heterocycles. The minimum atomic E-state index is -0.785. The van der Waals surface area contributed by atoms with E-state index in [9.17, 15) is 24.0 Å². The Hall–Kier alpha value is -5.13. The number of carbonyl (C=O) groups excluding carboxylic acids is 5. The van der Waals surface area contributed by atoms with Gasteiger partial charge in [-0.15, -0.1) is 0 Å². The molecule has 3 aromatic rings. The number of methoxy groups -OCH3 is 2. The lowest BCUT2D eigenvalue weighted by atomic mass is 9.73. The summed E-state index contributed by atoms with van der Waals surface area (Å²) in [6.45, 7) is 9.62. The van der Waals surface area contributed by atoms with E-state index in [1.807, 2.05) is 13.8 Å². The third-order valence-corrected chi connectivity index (χ3v) is 10.00. The number of hydrogen-bond acceptors (Lipinski definition) is 10. The standard InChI is InChI=1S/C25H24Cl2N2O4.C16H20N2O3/c1-13(30)29-20-9-14(24(32)33-4)5-8-18(20)28-19-11-25(2,3)12-21(31)22(19)23(29)16-7-6-15(26)10-17(16)27;1-16(2)8-11(7-12(19)9-16)18-14-5-4-10(6-13(14)17)15(20)21-3/h5-10,23,28H,11-12H2,1-4H3;4-7,18H,8-9,17H2,1-3H3. The van der Waals surface area contributed by atoms with Crippen LogP contribution in [0.3, 0.4) is 0 Å². The van der Waals surface area contributed by atoms with Crippen molar-refractivity contribution >= 4 is 75.4 Å². The fraction of sp³-hybridized carbons (Fsp3) is 0.341. The van der Waals surface area contributed by atoms with Gasteiger partial charge in [0.2, 0.25) is 5.91 Å². The third-order valence-electron chi connectivity index (χ3n) is 9.44. The summed E-state index contributed by atoms with van der Waals surface area (Å²) in [4.78, 5) is 63.6. The third kappa shape index (κ3) is 8.80. The molecule has 0 fully saturated rings. The normalized spacial score (nSPS) is 18.4. The van der Waals surface area contributed by atoms with Gasteiger partial charge in [-0.05, 0) is 77.8 Å². The van der Waals surface area contributed by atoms with Crippen molar-refractivity contribution in [2.24, 2.45) is 10.8 Å². The van der Waals surface area contributed by atoms with Crippen LogP contribution in [0, 0.1) is 10.8 Å². The lowest BCUT2D eigenvalue weighted by molar-refractivity contribution is -0.119. The number of Topliss-reactive ketones (excluding diaryl/α,β-unsaturated/α-hetero) is 1. The molecule has 284 valence electrons. The summed E-state index contributed by atoms with van der Waals surface area (Å²) in [6.07, 6.45) is 3.90. The van der Waals surface area contributed by atoms with Crippen LogP contribution in [0.1, 0.15) is 92.6 Å². The van der Waals surface area contributed by atoms with E-state index >= 15 is 0 Å². The SMILES string of the molecule is COC(=O)c1ccc(NC2=CC(=O)CC(C)(C)C2)c(N)c1.COC(=O)c1ccc2c(c1)N(C(C)=O)C(c1ccc(Cl)cc1Cl)C1=C(CC(C)(C)CC1=O)N2. The van der Waals surface area contributed by atoms with Crippen molar-refractivity contribution in [1.82, 2.24) is 0 Å². The zero-order chi connectivity index (χ0) is 39.7. The van der Waals surface area contributed by atoms with Crippen LogP contribution in [0.15, 0.2) is 77.6 Å². The van der Waals surface area contributed by atoms with Gasteiger partial charge in [-0.25, -0.2) is 9.59 Å². The number of rotatable bonds is 5. The number of amides is 1. The molecule has 54 heavy (non-hydrogen) atoms. The number of benzene rings is 3. The number of fused-ring (bicyclic) bond motifs is 1. The van der Waals surface area contributed by atoms with Crippen molar-refractivity contribution < 1.29 is 33.4 Å². The number of nitrogens with one attached hydrogen (secondary N) is 2. The van der Waals surface area contributed by atoms with Crippen molar-refractivity contribution in [3.8, 4) is 0 Å². The van der Waals surface area contributed by atoms with Crippen LogP contribution in [0.2, 0.25) is 10.0 Å².